The van der Waals surface area contributed by atoms with Crippen LogP contribution < -0.4 is 10.5 Å². The summed E-state index contributed by atoms with van der Waals surface area (Å²) in [7, 11) is 1.45. The summed E-state index contributed by atoms with van der Waals surface area (Å²) in [4.78, 5) is 14.8. The van der Waals surface area contributed by atoms with Gasteiger partial charge in [0.05, 0.1) is 23.6 Å². The summed E-state index contributed by atoms with van der Waals surface area (Å²) in [6, 6.07) is 9.20. The molecule has 8 nitrogen and oxygen atoms in total. The van der Waals surface area contributed by atoms with Gasteiger partial charge in [-0.05, 0) is 23.8 Å². The summed E-state index contributed by atoms with van der Waals surface area (Å²) < 4.78 is 18.2. The first-order valence-corrected chi connectivity index (χ1v) is 7.25. The fourth-order valence-corrected chi connectivity index (χ4v) is 2.35. The average molecular weight is 343 g/mol. The van der Waals surface area contributed by atoms with Gasteiger partial charge in [-0.15, -0.1) is 0 Å². The van der Waals surface area contributed by atoms with Gasteiger partial charge in [0.2, 0.25) is 0 Å². The highest BCUT2D eigenvalue weighted by Gasteiger charge is 2.19. The van der Waals surface area contributed by atoms with Crippen molar-refractivity contribution in [3.05, 3.63) is 69.8 Å². The Bertz CT molecular complexity index is 910. The Morgan fingerprint density at radius 3 is 2.64 bits per heavy atom. The first-order valence-electron chi connectivity index (χ1n) is 7.25. The number of hydrogen-bond acceptors (Lipinski definition) is 6. The molecule has 0 aliphatic rings. The second-order valence-electron chi connectivity index (χ2n) is 5.22. The maximum atomic E-state index is 13.0. The topological polar surface area (TPSA) is 120 Å². The number of hydrogen-bond donors (Lipinski definition) is 2. The minimum Gasteiger partial charge on any atom is -0.496 e. The Balaban J connectivity index is 1.97. The summed E-state index contributed by atoms with van der Waals surface area (Å²) in [5.41, 5.74) is 7.02. The largest absolute Gasteiger partial charge is 0.496 e. The molecule has 0 fully saturated rings. The summed E-state index contributed by atoms with van der Waals surface area (Å²) in [6.45, 7) is 0. The lowest BCUT2D eigenvalue weighted by Crippen LogP contribution is -2.13. The van der Waals surface area contributed by atoms with Gasteiger partial charge in [-0.25, -0.2) is 9.37 Å². The molecule has 9 heteroatoms. The van der Waals surface area contributed by atoms with Crippen LogP contribution in [0, 0.1) is 15.9 Å². The number of benzene rings is 2. The van der Waals surface area contributed by atoms with Crippen molar-refractivity contribution in [3.63, 3.8) is 0 Å². The van der Waals surface area contributed by atoms with Gasteiger partial charge in [-0.3, -0.25) is 15.2 Å². The molecule has 3 N–H and O–H groups in total. The van der Waals surface area contributed by atoms with E-state index in [4.69, 9.17) is 10.5 Å². The van der Waals surface area contributed by atoms with Gasteiger partial charge in [-0.1, -0.05) is 12.1 Å². The predicted octanol–water partition coefficient (Wildman–Crippen LogP) is 2.58. The van der Waals surface area contributed by atoms with E-state index >= 15 is 0 Å². The zero-order valence-corrected chi connectivity index (χ0v) is 13.1. The molecule has 128 valence electrons. The van der Waals surface area contributed by atoms with Crippen molar-refractivity contribution in [2.45, 2.75) is 6.04 Å². The van der Waals surface area contributed by atoms with Crippen molar-refractivity contribution in [2.75, 3.05) is 7.11 Å². The van der Waals surface area contributed by atoms with Crippen molar-refractivity contribution in [2.24, 2.45) is 5.73 Å². The van der Waals surface area contributed by atoms with Crippen LogP contribution in [0.25, 0.3) is 11.4 Å². The molecule has 3 rings (SSSR count). The number of nitrogens with two attached hydrogens (primary N) is 1. The lowest BCUT2D eigenvalue weighted by atomic mass is 10.1. The number of methoxy groups -OCH3 is 1. The second kappa shape index (κ2) is 6.65. The molecule has 0 bridgehead atoms. The standard InChI is InChI=1S/C16H14FN5O3/c1-25-13-7-6-11(22(23)24)8-12(13)15-19-16(21-20-15)14(18)9-2-4-10(17)5-3-9/h2-8,14H,18H2,1H3,(H,19,20,21). The Morgan fingerprint density at radius 2 is 2.00 bits per heavy atom. The Hall–Kier alpha value is -3.33. The fraction of sp³-hybridized carbons (Fsp3) is 0.125. The summed E-state index contributed by atoms with van der Waals surface area (Å²) >= 11 is 0. The van der Waals surface area contributed by atoms with Crippen molar-refractivity contribution in [3.8, 4) is 17.1 Å². The second-order valence-corrected chi connectivity index (χ2v) is 5.22. The number of aromatic amines is 1. The number of nitrogens with one attached hydrogen (secondary N) is 1. The average Bonchev–Trinajstić information content (AvgIpc) is 3.11. The fourth-order valence-electron chi connectivity index (χ4n) is 2.35. The Labute approximate surface area is 141 Å². The van der Waals surface area contributed by atoms with Crippen LogP contribution in [0.15, 0.2) is 42.5 Å². The Morgan fingerprint density at radius 1 is 1.28 bits per heavy atom. The van der Waals surface area contributed by atoms with Crippen LogP contribution in [0.5, 0.6) is 5.75 Å². The molecule has 3 aromatic rings. The molecule has 1 heterocycles. The molecule has 1 atom stereocenters. The first kappa shape index (κ1) is 16.5. The number of rotatable bonds is 5. The van der Waals surface area contributed by atoms with E-state index in [0.717, 1.165) is 0 Å². The monoisotopic (exact) mass is 343 g/mol. The number of nitro groups is 1. The Kier molecular flexibility index (Phi) is 4.40. The van der Waals surface area contributed by atoms with Gasteiger partial charge in [-0.2, -0.15) is 5.10 Å². The summed E-state index contributed by atoms with van der Waals surface area (Å²) in [6.07, 6.45) is 0. The number of ether oxygens (including phenoxy) is 1. The molecule has 0 amide bonds. The number of aromatic nitrogens is 3. The molecule has 1 aromatic heterocycles. The van der Waals surface area contributed by atoms with Crippen LogP contribution in [-0.4, -0.2) is 27.2 Å². The third-order valence-electron chi connectivity index (χ3n) is 3.66. The number of nitrogens with zero attached hydrogens (tertiary/aromatic N) is 3. The number of halogens is 1. The van der Waals surface area contributed by atoms with Gasteiger partial charge in [0, 0.05) is 12.1 Å². The van der Waals surface area contributed by atoms with Crippen molar-refractivity contribution >= 4 is 5.69 Å². The van der Waals surface area contributed by atoms with E-state index in [-0.39, 0.29) is 17.3 Å². The van der Waals surface area contributed by atoms with E-state index in [9.17, 15) is 14.5 Å². The molecule has 1 unspecified atom stereocenters. The highest BCUT2D eigenvalue weighted by atomic mass is 19.1. The lowest BCUT2D eigenvalue weighted by molar-refractivity contribution is -0.384. The van der Waals surface area contributed by atoms with Crippen LogP contribution in [-0.2, 0) is 0 Å². The zero-order chi connectivity index (χ0) is 18.0. The van der Waals surface area contributed by atoms with Crippen LogP contribution >= 0.6 is 0 Å². The van der Waals surface area contributed by atoms with Gasteiger partial charge >= 0.3 is 0 Å². The number of H-pyrrole nitrogens is 1. The van der Waals surface area contributed by atoms with Crippen molar-refractivity contribution in [1.29, 1.82) is 0 Å². The van der Waals surface area contributed by atoms with Gasteiger partial charge in [0.1, 0.15) is 17.4 Å². The molecular formula is C16H14FN5O3. The van der Waals surface area contributed by atoms with E-state index < -0.39 is 11.0 Å². The predicted molar refractivity (Wildman–Crippen MR) is 87.5 cm³/mol. The van der Waals surface area contributed by atoms with Crippen molar-refractivity contribution in [1.82, 2.24) is 15.2 Å². The van der Waals surface area contributed by atoms with Crippen molar-refractivity contribution < 1.29 is 14.1 Å². The van der Waals surface area contributed by atoms with E-state index in [0.29, 0.717) is 22.7 Å². The maximum Gasteiger partial charge on any atom is 0.270 e. The maximum absolute atomic E-state index is 13.0. The van der Waals surface area contributed by atoms with Crippen LogP contribution in [0.4, 0.5) is 10.1 Å². The zero-order valence-electron chi connectivity index (χ0n) is 13.1. The normalized spacial score (nSPS) is 12.0. The number of nitro benzene ring substituents is 1. The van der Waals surface area contributed by atoms with Crippen LogP contribution in [0.1, 0.15) is 17.4 Å². The summed E-state index contributed by atoms with van der Waals surface area (Å²) in [5.74, 6) is 0.588. The SMILES string of the molecule is COc1ccc([N+](=O)[O-])cc1-c1n[nH]c(C(N)c2ccc(F)cc2)n1. The number of non-ortho nitro benzene ring substituents is 1. The third kappa shape index (κ3) is 3.31. The smallest absolute Gasteiger partial charge is 0.270 e. The van der Waals surface area contributed by atoms with Gasteiger partial charge in [0.15, 0.2) is 5.82 Å². The highest BCUT2D eigenvalue weighted by Crippen LogP contribution is 2.31. The molecule has 0 radical (unpaired) electrons. The molecule has 25 heavy (non-hydrogen) atoms. The molecule has 0 spiro atoms. The van der Waals surface area contributed by atoms with E-state index in [1.807, 2.05) is 0 Å². The first-order chi connectivity index (χ1) is 12.0. The molecule has 0 aliphatic heterocycles. The van der Waals surface area contributed by atoms with E-state index in [1.54, 1.807) is 12.1 Å². The molecule has 2 aromatic carbocycles. The van der Waals surface area contributed by atoms with Crippen LogP contribution in [0.2, 0.25) is 0 Å². The third-order valence-corrected chi connectivity index (χ3v) is 3.66. The highest BCUT2D eigenvalue weighted by molar-refractivity contribution is 5.67. The molecule has 0 aliphatic carbocycles. The molecule has 0 saturated heterocycles. The van der Waals surface area contributed by atoms with Gasteiger partial charge < -0.3 is 10.5 Å². The van der Waals surface area contributed by atoms with Gasteiger partial charge in [0.25, 0.3) is 5.69 Å². The molecule has 0 saturated carbocycles. The van der Waals surface area contributed by atoms with Crippen LogP contribution in [0.3, 0.4) is 0 Å². The minimum absolute atomic E-state index is 0.106. The lowest BCUT2D eigenvalue weighted by Gasteiger charge is -2.08. The quantitative estimate of drug-likeness (QED) is 0.542. The van der Waals surface area contributed by atoms with E-state index in [1.165, 1.54) is 37.4 Å². The minimum atomic E-state index is -0.647. The van der Waals surface area contributed by atoms with E-state index in [2.05, 4.69) is 15.2 Å². The molecular weight excluding hydrogens is 329 g/mol. The summed E-state index contributed by atoms with van der Waals surface area (Å²) in [5, 5.41) is 17.8.